The summed E-state index contributed by atoms with van der Waals surface area (Å²) in [4.78, 5) is 76.6. The van der Waals surface area contributed by atoms with Crippen molar-refractivity contribution in [1.29, 1.82) is 0 Å². The summed E-state index contributed by atoms with van der Waals surface area (Å²) in [6.07, 6.45) is -0.240. The van der Waals surface area contributed by atoms with Crippen LogP contribution in [0.15, 0.2) is 54.6 Å². The van der Waals surface area contributed by atoms with E-state index in [1.165, 1.54) is 9.80 Å². The Balaban J connectivity index is 1.47. The van der Waals surface area contributed by atoms with Gasteiger partial charge in [0.05, 0.1) is 0 Å². The van der Waals surface area contributed by atoms with Crippen molar-refractivity contribution in [2.45, 2.75) is 58.3 Å². The monoisotopic (exact) mass is 653 g/mol. The number of carboxylic acids is 1. The third-order valence-corrected chi connectivity index (χ3v) is 7.06. The van der Waals surface area contributed by atoms with Crippen LogP contribution >= 0.6 is 0 Å². The van der Waals surface area contributed by atoms with Crippen molar-refractivity contribution in [3.05, 3.63) is 71.3 Å². The number of rotatable bonds is 14. The smallest absolute Gasteiger partial charge is 0.407 e. The fourth-order valence-electron chi connectivity index (χ4n) is 4.81. The molecule has 1 aliphatic rings. The van der Waals surface area contributed by atoms with Crippen LogP contribution in [-0.4, -0.2) is 102 Å². The van der Waals surface area contributed by atoms with Crippen LogP contribution in [0.1, 0.15) is 55.1 Å². The standard InChI is InChI=1S/C33H43N5O9/c1-33(2,3)47-32(45)35-17-15-23-11-13-25(14-12-23)29(42)34-16-7-10-26-30(43)37(21-28(40)41)18-19-38(26)27(39)20-36-31(44)46-22-24-8-5-4-6-9-24/h4-6,8-9,11-14,26H,7,10,15-22H2,1-3H3,(H,34,42)(H,35,45)(H,36,44)(H,40,41)/t26-/m0/s1. The molecule has 0 aliphatic carbocycles. The minimum absolute atomic E-state index is 0.0268. The molecule has 1 atom stereocenters. The minimum Gasteiger partial charge on any atom is -0.480 e. The third-order valence-electron chi connectivity index (χ3n) is 7.06. The van der Waals surface area contributed by atoms with Gasteiger partial charge in [-0.3, -0.25) is 19.2 Å². The predicted octanol–water partition coefficient (Wildman–Crippen LogP) is 2.31. The van der Waals surface area contributed by atoms with Crippen molar-refractivity contribution < 1.29 is 43.3 Å². The average Bonchev–Trinajstić information content (AvgIpc) is 3.02. The number of hydrogen-bond donors (Lipinski definition) is 4. The molecule has 0 unspecified atom stereocenters. The molecule has 2 aromatic carbocycles. The van der Waals surface area contributed by atoms with Crippen molar-refractivity contribution in [2.24, 2.45) is 0 Å². The molecule has 14 nitrogen and oxygen atoms in total. The summed E-state index contributed by atoms with van der Waals surface area (Å²) >= 11 is 0. The molecule has 1 aliphatic heterocycles. The lowest BCUT2D eigenvalue weighted by Gasteiger charge is -2.40. The van der Waals surface area contributed by atoms with E-state index < -0.39 is 54.7 Å². The van der Waals surface area contributed by atoms with Gasteiger partial charge in [0.2, 0.25) is 11.8 Å². The van der Waals surface area contributed by atoms with E-state index in [2.05, 4.69) is 16.0 Å². The summed E-state index contributed by atoms with van der Waals surface area (Å²) in [6, 6.07) is 15.0. The molecular formula is C33H43N5O9. The number of piperazine rings is 1. The molecule has 1 heterocycles. The second-order valence-corrected chi connectivity index (χ2v) is 11.9. The van der Waals surface area contributed by atoms with E-state index in [-0.39, 0.29) is 38.6 Å². The Labute approximate surface area is 273 Å². The number of amides is 5. The molecule has 1 fully saturated rings. The van der Waals surface area contributed by atoms with Gasteiger partial charge in [-0.15, -0.1) is 0 Å². The highest BCUT2D eigenvalue weighted by Gasteiger charge is 2.37. The number of carbonyl (C=O) groups excluding carboxylic acids is 5. The van der Waals surface area contributed by atoms with Gasteiger partial charge in [0.1, 0.15) is 31.3 Å². The Morgan fingerprint density at radius 2 is 1.57 bits per heavy atom. The molecule has 1 saturated heterocycles. The molecule has 47 heavy (non-hydrogen) atoms. The Kier molecular flexibility index (Phi) is 13.5. The Morgan fingerprint density at radius 1 is 0.872 bits per heavy atom. The van der Waals surface area contributed by atoms with Crippen LogP contribution < -0.4 is 16.0 Å². The predicted molar refractivity (Wildman–Crippen MR) is 170 cm³/mol. The van der Waals surface area contributed by atoms with E-state index in [1.54, 1.807) is 57.2 Å². The normalized spacial score (nSPS) is 14.6. The Morgan fingerprint density at radius 3 is 2.23 bits per heavy atom. The van der Waals surface area contributed by atoms with E-state index in [1.807, 2.05) is 18.2 Å². The molecule has 254 valence electrons. The van der Waals surface area contributed by atoms with Crippen LogP contribution in [0, 0.1) is 0 Å². The summed E-state index contributed by atoms with van der Waals surface area (Å²) in [5, 5.41) is 17.1. The highest BCUT2D eigenvalue weighted by Crippen LogP contribution is 2.17. The number of aliphatic carboxylic acids is 1. The maximum Gasteiger partial charge on any atom is 0.407 e. The zero-order valence-electron chi connectivity index (χ0n) is 27.0. The SMILES string of the molecule is CC(C)(C)OC(=O)NCCc1ccc(C(=O)NCCC[C@H]2C(=O)N(CC(=O)O)CCN2C(=O)CNC(=O)OCc2ccccc2)cc1. The number of nitrogens with zero attached hydrogens (tertiary/aromatic N) is 2. The van der Waals surface area contributed by atoms with Crippen LogP contribution in [-0.2, 0) is 36.9 Å². The maximum atomic E-state index is 13.2. The molecule has 0 spiro atoms. The largest absolute Gasteiger partial charge is 0.480 e. The van der Waals surface area contributed by atoms with Gasteiger partial charge >= 0.3 is 18.2 Å². The van der Waals surface area contributed by atoms with Crippen molar-refractivity contribution in [3.63, 3.8) is 0 Å². The van der Waals surface area contributed by atoms with E-state index in [4.69, 9.17) is 9.47 Å². The van der Waals surface area contributed by atoms with Crippen molar-refractivity contribution in [1.82, 2.24) is 25.8 Å². The summed E-state index contributed by atoms with van der Waals surface area (Å²) in [7, 11) is 0. The van der Waals surface area contributed by atoms with Gasteiger partial charge in [0.25, 0.3) is 5.91 Å². The first-order valence-electron chi connectivity index (χ1n) is 15.4. The van der Waals surface area contributed by atoms with Gasteiger partial charge in [0.15, 0.2) is 0 Å². The van der Waals surface area contributed by atoms with Crippen molar-refractivity contribution >= 4 is 35.9 Å². The molecular weight excluding hydrogens is 610 g/mol. The van der Waals surface area contributed by atoms with Crippen LogP contribution in [0.5, 0.6) is 0 Å². The van der Waals surface area contributed by atoms with Gasteiger partial charge in [-0.1, -0.05) is 42.5 Å². The number of carbonyl (C=O) groups is 6. The van der Waals surface area contributed by atoms with Crippen LogP contribution in [0.4, 0.5) is 9.59 Å². The van der Waals surface area contributed by atoms with E-state index >= 15 is 0 Å². The van der Waals surface area contributed by atoms with Crippen LogP contribution in [0.2, 0.25) is 0 Å². The first kappa shape index (κ1) is 36.3. The number of benzene rings is 2. The van der Waals surface area contributed by atoms with Gasteiger partial charge in [0, 0.05) is 31.7 Å². The molecule has 0 saturated carbocycles. The lowest BCUT2D eigenvalue weighted by Crippen LogP contribution is -2.60. The summed E-state index contributed by atoms with van der Waals surface area (Å²) in [5.74, 6) is -2.52. The lowest BCUT2D eigenvalue weighted by atomic mass is 10.0. The van der Waals surface area contributed by atoms with Gasteiger partial charge in [-0.25, -0.2) is 9.59 Å². The molecule has 4 N–H and O–H groups in total. The van der Waals surface area contributed by atoms with Gasteiger partial charge < -0.3 is 40.3 Å². The van der Waals surface area contributed by atoms with Gasteiger partial charge in [-0.05, 0) is 63.3 Å². The number of nitrogens with one attached hydrogen (secondary N) is 3. The second kappa shape index (κ2) is 17.5. The molecule has 0 aromatic heterocycles. The molecule has 0 radical (unpaired) electrons. The van der Waals surface area contributed by atoms with E-state index in [0.29, 0.717) is 24.9 Å². The average molecular weight is 654 g/mol. The summed E-state index contributed by atoms with van der Waals surface area (Å²) in [5.41, 5.74) is 1.54. The Hall–Kier alpha value is -5.14. The molecule has 14 heteroatoms. The van der Waals surface area contributed by atoms with E-state index in [9.17, 15) is 33.9 Å². The zero-order valence-corrected chi connectivity index (χ0v) is 27.0. The van der Waals surface area contributed by atoms with Crippen molar-refractivity contribution in [3.8, 4) is 0 Å². The number of alkyl carbamates (subject to hydrolysis) is 2. The summed E-state index contributed by atoms with van der Waals surface area (Å²) < 4.78 is 10.3. The quantitative estimate of drug-likeness (QED) is 0.222. The highest BCUT2D eigenvalue weighted by molar-refractivity contribution is 5.94. The summed E-state index contributed by atoms with van der Waals surface area (Å²) in [6.45, 7) is 5.19. The fraction of sp³-hybridized carbons (Fsp3) is 0.455. The molecule has 0 bridgehead atoms. The van der Waals surface area contributed by atoms with Crippen molar-refractivity contribution in [2.75, 3.05) is 39.3 Å². The first-order valence-corrected chi connectivity index (χ1v) is 15.4. The molecule has 3 rings (SSSR count). The number of carboxylic acid groups (broad SMARTS) is 1. The first-order chi connectivity index (χ1) is 22.3. The number of ether oxygens (including phenoxy) is 2. The third kappa shape index (κ3) is 12.6. The lowest BCUT2D eigenvalue weighted by molar-refractivity contribution is -0.155. The zero-order chi connectivity index (χ0) is 34.4. The Bertz CT molecular complexity index is 1390. The number of hydrogen-bond acceptors (Lipinski definition) is 8. The fourth-order valence-corrected chi connectivity index (χ4v) is 4.81. The molecule has 2 aromatic rings. The maximum absolute atomic E-state index is 13.2. The van der Waals surface area contributed by atoms with Gasteiger partial charge in [-0.2, -0.15) is 0 Å². The van der Waals surface area contributed by atoms with Crippen LogP contribution in [0.25, 0.3) is 0 Å². The highest BCUT2D eigenvalue weighted by atomic mass is 16.6. The van der Waals surface area contributed by atoms with E-state index in [0.717, 1.165) is 11.1 Å². The topological polar surface area (TPSA) is 184 Å². The van der Waals surface area contributed by atoms with Crippen LogP contribution in [0.3, 0.4) is 0 Å². The minimum atomic E-state index is -1.17. The molecule has 5 amide bonds. The second-order valence-electron chi connectivity index (χ2n) is 11.9.